The first-order chi connectivity index (χ1) is 16.1. The van der Waals surface area contributed by atoms with Crippen molar-refractivity contribution in [3.63, 3.8) is 0 Å². The fourth-order valence-electron chi connectivity index (χ4n) is 3.59. The quantitative estimate of drug-likeness (QED) is 0.427. The van der Waals surface area contributed by atoms with Crippen LogP contribution in [-0.2, 0) is 0 Å². The van der Waals surface area contributed by atoms with Crippen molar-refractivity contribution in [2.45, 2.75) is 6.92 Å². The summed E-state index contributed by atoms with van der Waals surface area (Å²) in [7, 11) is 0. The van der Waals surface area contributed by atoms with Crippen molar-refractivity contribution in [2.75, 3.05) is 5.32 Å². The lowest BCUT2D eigenvalue weighted by molar-refractivity contribution is 0.102. The van der Waals surface area contributed by atoms with E-state index in [4.69, 9.17) is 5.10 Å². The highest BCUT2D eigenvalue weighted by molar-refractivity contribution is 6.08. The summed E-state index contributed by atoms with van der Waals surface area (Å²) in [6.07, 6.45) is 4.42. The number of para-hydroxylation sites is 1. The molecule has 0 aliphatic heterocycles. The molecule has 7 nitrogen and oxygen atoms in total. The third kappa shape index (κ3) is 4.01. The Balaban J connectivity index is 1.51. The number of hydrogen-bond donors (Lipinski definition) is 1. The number of carbonyl (C=O) groups excluding carboxylic acids is 1. The Labute approximate surface area is 189 Å². The summed E-state index contributed by atoms with van der Waals surface area (Å²) in [6.45, 7) is 1.97. The minimum Gasteiger partial charge on any atom is -0.322 e. The highest BCUT2D eigenvalue weighted by Crippen LogP contribution is 2.28. The summed E-state index contributed by atoms with van der Waals surface area (Å²) >= 11 is 0. The zero-order valence-corrected chi connectivity index (χ0v) is 17.7. The zero-order valence-electron chi connectivity index (χ0n) is 17.7. The molecule has 8 heteroatoms. The lowest BCUT2D eigenvalue weighted by Crippen LogP contribution is -2.13. The summed E-state index contributed by atoms with van der Waals surface area (Å²) in [5.41, 5.74) is 4.17. The summed E-state index contributed by atoms with van der Waals surface area (Å²) in [4.78, 5) is 17.1. The van der Waals surface area contributed by atoms with E-state index in [1.165, 1.54) is 29.5 Å². The second-order valence-corrected chi connectivity index (χ2v) is 7.45. The van der Waals surface area contributed by atoms with Crippen LogP contribution in [0.2, 0.25) is 0 Å². The van der Waals surface area contributed by atoms with Crippen LogP contribution in [0.15, 0.2) is 91.6 Å². The molecule has 0 fully saturated rings. The number of nitrogens with zero attached hydrogens (tertiary/aromatic N) is 5. The minimum atomic E-state index is -0.530. The molecule has 0 bridgehead atoms. The number of hydrogen-bond acceptors (Lipinski definition) is 4. The van der Waals surface area contributed by atoms with Crippen molar-refractivity contribution in [3.05, 3.63) is 109 Å². The van der Waals surface area contributed by atoms with Crippen LogP contribution in [0.25, 0.3) is 22.6 Å². The number of rotatable bonds is 5. The van der Waals surface area contributed by atoms with E-state index in [9.17, 15) is 9.18 Å². The number of halogens is 1. The smallest absolute Gasteiger partial charge is 0.259 e. The molecule has 0 radical (unpaired) electrons. The topological polar surface area (TPSA) is 77.6 Å². The molecule has 0 saturated heterocycles. The number of aryl methyl sites for hydroxylation is 1. The average molecular weight is 438 g/mol. The van der Waals surface area contributed by atoms with Crippen LogP contribution in [0.5, 0.6) is 0 Å². The number of nitrogens with one attached hydrogen (secondary N) is 1. The molecule has 0 aliphatic rings. The van der Waals surface area contributed by atoms with Gasteiger partial charge in [0.1, 0.15) is 24.0 Å². The summed E-state index contributed by atoms with van der Waals surface area (Å²) in [5.74, 6) is -0.916. The minimum absolute atomic E-state index is 0.239. The van der Waals surface area contributed by atoms with Crippen molar-refractivity contribution >= 4 is 11.6 Å². The molecule has 33 heavy (non-hydrogen) atoms. The van der Waals surface area contributed by atoms with Gasteiger partial charge < -0.3 is 5.32 Å². The third-order valence-electron chi connectivity index (χ3n) is 5.25. The van der Waals surface area contributed by atoms with Crippen LogP contribution in [-0.4, -0.2) is 30.5 Å². The lowest BCUT2D eigenvalue weighted by atomic mass is 10.0. The molecule has 162 valence electrons. The van der Waals surface area contributed by atoms with Gasteiger partial charge in [-0.25, -0.2) is 18.7 Å². The zero-order chi connectivity index (χ0) is 22.8. The van der Waals surface area contributed by atoms with Gasteiger partial charge in [0.05, 0.1) is 11.3 Å². The van der Waals surface area contributed by atoms with Crippen molar-refractivity contribution < 1.29 is 9.18 Å². The van der Waals surface area contributed by atoms with Crippen LogP contribution in [0.1, 0.15) is 15.9 Å². The molecule has 0 saturated carbocycles. The molecule has 5 rings (SSSR count). The number of amides is 1. The molecule has 0 aliphatic carbocycles. The van der Waals surface area contributed by atoms with E-state index >= 15 is 0 Å². The second kappa shape index (κ2) is 8.51. The predicted molar refractivity (Wildman–Crippen MR) is 123 cm³/mol. The molecule has 1 N–H and O–H groups in total. The van der Waals surface area contributed by atoms with E-state index in [0.717, 1.165) is 16.8 Å². The first kappa shape index (κ1) is 20.3. The monoisotopic (exact) mass is 438 g/mol. The van der Waals surface area contributed by atoms with E-state index < -0.39 is 5.82 Å². The van der Waals surface area contributed by atoms with Crippen LogP contribution in [0, 0.1) is 12.7 Å². The maximum Gasteiger partial charge on any atom is 0.259 e. The van der Waals surface area contributed by atoms with Gasteiger partial charge in [-0.15, -0.1) is 0 Å². The van der Waals surface area contributed by atoms with E-state index in [1.54, 1.807) is 16.9 Å². The lowest BCUT2D eigenvalue weighted by Gasteiger charge is -2.09. The molecule has 0 unspecified atom stereocenters. The Morgan fingerprint density at radius 1 is 0.970 bits per heavy atom. The van der Waals surface area contributed by atoms with Crippen molar-refractivity contribution in [3.8, 4) is 22.6 Å². The van der Waals surface area contributed by atoms with Gasteiger partial charge in [0.25, 0.3) is 5.91 Å². The number of aromatic nitrogens is 5. The third-order valence-corrected chi connectivity index (χ3v) is 5.25. The molecular weight excluding hydrogens is 419 g/mol. The normalized spacial score (nSPS) is 10.8. The van der Waals surface area contributed by atoms with E-state index in [2.05, 4.69) is 15.4 Å². The van der Waals surface area contributed by atoms with Gasteiger partial charge in [-0.3, -0.25) is 4.79 Å². The SMILES string of the molecule is Cc1ccccc1-c1nn(-c2ccccc2)cc1C(=O)Nc1ccc(-n2cncn2)c(F)c1. The van der Waals surface area contributed by atoms with Crippen LogP contribution in [0.4, 0.5) is 10.1 Å². The highest BCUT2D eigenvalue weighted by Gasteiger charge is 2.20. The van der Waals surface area contributed by atoms with Gasteiger partial charge >= 0.3 is 0 Å². The Bertz CT molecular complexity index is 1430. The Hall–Kier alpha value is -4.59. The molecule has 2 aromatic heterocycles. The molecule has 0 atom stereocenters. The maximum atomic E-state index is 14.6. The van der Waals surface area contributed by atoms with E-state index in [-0.39, 0.29) is 11.6 Å². The fraction of sp³-hybridized carbons (Fsp3) is 0.0400. The number of carbonyl (C=O) groups is 1. The Morgan fingerprint density at radius 3 is 2.48 bits per heavy atom. The van der Waals surface area contributed by atoms with Gasteiger partial charge in [0.2, 0.25) is 0 Å². The van der Waals surface area contributed by atoms with Crippen molar-refractivity contribution in [1.29, 1.82) is 0 Å². The van der Waals surface area contributed by atoms with Crippen LogP contribution < -0.4 is 5.32 Å². The van der Waals surface area contributed by atoms with Gasteiger partial charge in [0.15, 0.2) is 5.82 Å². The summed E-state index contributed by atoms with van der Waals surface area (Å²) in [6, 6.07) is 21.7. The molecule has 2 heterocycles. The predicted octanol–water partition coefficient (Wildman–Crippen LogP) is 4.82. The molecule has 0 spiro atoms. The fourth-order valence-corrected chi connectivity index (χ4v) is 3.59. The van der Waals surface area contributed by atoms with Gasteiger partial charge in [0, 0.05) is 17.4 Å². The molecule has 1 amide bonds. The highest BCUT2D eigenvalue weighted by atomic mass is 19.1. The molecule has 3 aromatic carbocycles. The second-order valence-electron chi connectivity index (χ2n) is 7.45. The van der Waals surface area contributed by atoms with Crippen molar-refractivity contribution in [1.82, 2.24) is 24.5 Å². The van der Waals surface area contributed by atoms with Gasteiger partial charge in [-0.05, 0) is 42.8 Å². The van der Waals surface area contributed by atoms with Crippen molar-refractivity contribution in [2.24, 2.45) is 0 Å². The standard InChI is InChI=1S/C25H19FN6O/c1-17-7-5-6-10-20(17)24-21(14-31(30-24)19-8-3-2-4-9-19)25(33)29-18-11-12-23(22(26)13-18)32-16-27-15-28-32/h2-16H,1H3,(H,29,33). The number of anilines is 1. The molecular formula is C25H19FN6O. The van der Waals surface area contributed by atoms with Gasteiger partial charge in [-0.1, -0.05) is 42.5 Å². The Kier molecular flexibility index (Phi) is 5.24. The Morgan fingerprint density at radius 2 is 1.76 bits per heavy atom. The maximum absolute atomic E-state index is 14.6. The summed E-state index contributed by atoms with van der Waals surface area (Å²) in [5, 5.41) is 11.4. The van der Waals surface area contributed by atoms with Crippen LogP contribution >= 0.6 is 0 Å². The van der Waals surface area contributed by atoms with E-state index in [1.807, 2.05) is 61.5 Å². The van der Waals surface area contributed by atoms with Gasteiger partial charge in [-0.2, -0.15) is 10.2 Å². The largest absolute Gasteiger partial charge is 0.322 e. The number of benzene rings is 3. The molecule has 5 aromatic rings. The van der Waals surface area contributed by atoms with E-state index in [0.29, 0.717) is 16.9 Å². The first-order valence-electron chi connectivity index (χ1n) is 10.3. The average Bonchev–Trinajstić information content (AvgIpc) is 3.51. The summed E-state index contributed by atoms with van der Waals surface area (Å²) < 4.78 is 17.6. The van der Waals surface area contributed by atoms with Crippen LogP contribution in [0.3, 0.4) is 0 Å². The first-order valence-corrected chi connectivity index (χ1v) is 10.3.